The highest BCUT2D eigenvalue weighted by molar-refractivity contribution is 7.91. The van der Waals surface area contributed by atoms with Crippen molar-refractivity contribution in [3.63, 3.8) is 0 Å². The molecule has 3 rings (SSSR count). The van der Waals surface area contributed by atoms with Crippen molar-refractivity contribution in [2.24, 2.45) is 0 Å². The second-order valence-electron chi connectivity index (χ2n) is 7.20. The van der Waals surface area contributed by atoms with Gasteiger partial charge in [-0.3, -0.25) is 9.69 Å². The zero-order chi connectivity index (χ0) is 18.7. The molecule has 0 N–H and O–H groups in total. The Morgan fingerprint density at radius 1 is 1.42 bits per heavy atom. The van der Waals surface area contributed by atoms with Crippen LogP contribution in [0.2, 0.25) is 0 Å². The molecule has 1 aromatic rings. The molecule has 7 heteroatoms. The Morgan fingerprint density at radius 3 is 2.73 bits per heavy atom. The van der Waals surface area contributed by atoms with Gasteiger partial charge in [-0.15, -0.1) is 6.58 Å². The lowest BCUT2D eigenvalue weighted by molar-refractivity contribution is 0.0686. The quantitative estimate of drug-likeness (QED) is 0.679. The molecule has 2 aliphatic heterocycles. The Hall–Kier alpha value is -1.60. The normalized spacial score (nSPS) is 22.6. The van der Waals surface area contributed by atoms with E-state index in [1.165, 1.54) is 12.8 Å². The zero-order valence-electron chi connectivity index (χ0n) is 15.4. The fourth-order valence-corrected chi connectivity index (χ4v) is 5.62. The van der Waals surface area contributed by atoms with Gasteiger partial charge in [-0.05, 0) is 38.4 Å². The second-order valence-corrected chi connectivity index (χ2v) is 9.43. The minimum atomic E-state index is -3.06. The molecule has 26 heavy (non-hydrogen) atoms. The number of aryl methyl sites for hydroxylation is 1. The number of carbonyl (C=O) groups is 1. The van der Waals surface area contributed by atoms with E-state index in [1.54, 1.807) is 11.0 Å². The van der Waals surface area contributed by atoms with Crippen LogP contribution in [-0.2, 0) is 22.8 Å². The number of hydrogen-bond acceptors (Lipinski definition) is 5. The number of amides is 1. The summed E-state index contributed by atoms with van der Waals surface area (Å²) >= 11 is 0. The van der Waals surface area contributed by atoms with Crippen LogP contribution >= 0.6 is 0 Å². The molecule has 2 saturated heterocycles. The SMILES string of the molecule is C=CCN(C(=O)c1cc(CN2CCCC2)c(CC)o1)[C@@H]1CCS(=O)(=O)C1. The highest BCUT2D eigenvalue weighted by Crippen LogP contribution is 2.24. The van der Waals surface area contributed by atoms with E-state index in [9.17, 15) is 13.2 Å². The Labute approximate surface area is 155 Å². The molecule has 0 radical (unpaired) electrons. The lowest BCUT2D eigenvalue weighted by Crippen LogP contribution is -2.41. The first kappa shape index (κ1) is 19.2. The molecule has 6 nitrogen and oxygen atoms in total. The summed E-state index contributed by atoms with van der Waals surface area (Å²) in [6, 6.07) is 1.54. The van der Waals surface area contributed by atoms with Gasteiger partial charge in [-0.2, -0.15) is 0 Å². The molecule has 0 aromatic carbocycles. The van der Waals surface area contributed by atoms with Crippen LogP contribution in [0, 0.1) is 0 Å². The molecular formula is C19H28N2O4S. The van der Waals surface area contributed by atoms with Crippen LogP contribution in [0.25, 0.3) is 0 Å². The molecule has 1 aromatic heterocycles. The van der Waals surface area contributed by atoms with Gasteiger partial charge in [0.05, 0.1) is 11.5 Å². The van der Waals surface area contributed by atoms with Crippen molar-refractivity contribution in [2.75, 3.05) is 31.1 Å². The van der Waals surface area contributed by atoms with E-state index in [2.05, 4.69) is 11.5 Å². The first-order chi connectivity index (χ1) is 12.4. The minimum Gasteiger partial charge on any atom is -0.456 e. The highest BCUT2D eigenvalue weighted by atomic mass is 32.2. The summed E-state index contributed by atoms with van der Waals surface area (Å²) in [7, 11) is -3.06. The van der Waals surface area contributed by atoms with E-state index in [1.807, 2.05) is 13.0 Å². The van der Waals surface area contributed by atoms with Crippen molar-refractivity contribution in [1.29, 1.82) is 0 Å². The van der Waals surface area contributed by atoms with Crippen LogP contribution in [0.5, 0.6) is 0 Å². The molecule has 2 fully saturated rings. The Balaban J connectivity index is 1.80. The van der Waals surface area contributed by atoms with Crippen LogP contribution in [0.3, 0.4) is 0 Å². The Kier molecular flexibility index (Phi) is 5.87. The molecule has 0 saturated carbocycles. The van der Waals surface area contributed by atoms with E-state index >= 15 is 0 Å². The maximum absolute atomic E-state index is 13.0. The van der Waals surface area contributed by atoms with Crippen molar-refractivity contribution in [1.82, 2.24) is 9.80 Å². The average Bonchev–Trinajstić information content (AvgIpc) is 3.32. The van der Waals surface area contributed by atoms with Gasteiger partial charge in [-0.1, -0.05) is 13.0 Å². The third-order valence-corrected chi connectivity index (χ3v) is 7.01. The number of sulfone groups is 1. The Bertz CT molecular complexity index is 763. The number of hydrogen-bond donors (Lipinski definition) is 0. The topological polar surface area (TPSA) is 70.8 Å². The average molecular weight is 381 g/mol. The molecule has 0 spiro atoms. The van der Waals surface area contributed by atoms with E-state index in [-0.39, 0.29) is 23.5 Å². The maximum Gasteiger partial charge on any atom is 0.290 e. The van der Waals surface area contributed by atoms with Gasteiger partial charge >= 0.3 is 0 Å². The molecule has 1 atom stereocenters. The summed E-state index contributed by atoms with van der Waals surface area (Å²) < 4.78 is 29.5. The molecule has 0 aliphatic carbocycles. The number of carbonyl (C=O) groups excluding carboxylic acids is 1. The zero-order valence-corrected chi connectivity index (χ0v) is 16.3. The molecule has 2 aliphatic rings. The van der Waals surface area contributed by atoms with Crippen LogP contribution < -0.4 is 0 Å². The van der Waals surface area contributed by atoms with E-state index in [0.29, 0.717) is 18.7 Å². The molecule has 0 bridgehead atoms. The molecule has 0 unspecified atom stereocenters. The largest absolute Gasteiger partial charge is 0.456 e. The summed E-state index contributed by atoms with van der Waals surface area (Å²) in [5.41, 5.74) is 1.07. The first-order valence-corrected chi connectivity index (χ1v) is 11.2. The van der Waals surface area contributed by atoms with Gasteiger partial charge in [0.15, 0.2) is 15.6 Å². The van der Waals surface area contributed by atoms with E-state index in [0.717, 1.165) is 37.4 Å². The van der Waals surface area contributed by atoms with Crippen molar-refractivity contribution >= 4 is 15.7 Å². The van der Waals surface area contributed by atoms with E-state index in [4.69, 9.17) is 4.42 Å². The van der Waals surface area contributed by atoms with Gasteiger partial charge in [0.2, 0.25) is 0 Å². The van der Waals surface area contributed by atoms with Gasteiger partial charge < -0.3 is 9.32 Å². The standard InChI is InChI=1S/C19H28N2O4S/c1-3-8-21(16-7-11-26(23,24)14-16)19(22)18-12-15(17(4-2)25-18)13-20-9-5-6-10-20/h3,12,16H,1,4-11,13-14H2,2H3/t16-/m1/s1. The lowest BCUT2D eigenvalue weighted by Gasteiger charge is -2.26. The van der Waals surface area contributed by atoms with Crippen molar-refractivity contribution < 1.29 is 17.6 Å². The summed E-state index contributed by atoms with van der Waals surface area (Å²) in [5, 5.41) is 0. The third-order valence-electron chi connectivity index (χ3n) is 5.26. The summed E-state index contributed by atoms with van der Waals surface area (Å²) in [6.45, 7) is 9.02. The van der Waals surface area contributed by atoms with Crippen molar-refractivity contribution in [2.45, 2.75) is 45.2 Å². The summed E-state index contributed by atoms with van der Waals surface area (Å²) in [5.74, 6) is 1.07. The molecule has 1 amide bonds. The predicted octanol–water partition coefficient (Wildman–Crippen LogP) is 2.25. The highest BCUT2D eigenvalue weighted by Gasteiger charge is 2.35. The second kappa shape index (κ2) is 7.96. The van der Waals surface area contributed by atoms with Crippen LogP contribution in [0.15, 0.2) is 23.1 Å². The fraction of sp³-hybridized carbons (Fsp3) is 0.632. The third kappa shape index (κ3) is 4.20. The number of nitrogens with zero attached hydrogens (tertiary/aromatic N) is 2. The minimum absolute atomic E-state index is 0.0224. The van der Waals surface area contributed by atoms with Crippen molar-refractivity contribution in [3.05, 3.63) is 35.8 Å². The smallest absolute Gasteiger partial charge is 0.290 e. The van der Waals surface area contributed by atoms with Gasteiger partial charge in [0.25, 0.3) is 5.91 Å². The van der Waals surface area contributed by atoms with Gasteiger partial charge in [-0.25, -0.2) is 8.42 Å². The van der Waals surface area contributed by atoms with Crippen molar-refractivity contribution in [3.8, 4) is 0 Å². The van der Waals surface area contributed by atoms with Gasteiger partial charge in [0.1, 0.15) is 5.76 Å². The lowest BCUT2D eigenvalue weighted by atomic mass is 10.1. The van der Waals surface area contributed by atoms with Crippen LogP contribution in [-0.4, -0.2) is 61.3 Å². The fourth-order valence-electron chi connectivity index (χ4n) is 3.89. The summed E-state index contributed by atoms with van der Waals surface area (Å²) in [4.78, 5) is 17.0. The number of likely N-dealkylation sites (tertiary alicyclic amines) is 1. The number of rotatable bonds is 7. The molecular weight excluding hydrogens is 352 g/mol. The number of furan rings is 1. The van der Waals surface area contributed by atoms with Crippen LogP contribution in [0.4, 0.5) is 0 Å². The summed E-state index contributed by atoms with van der Waals surface area (Å²) in [6.07, 6.45) is 5.28. The van der Waals surface area contributed by atoms with Crippen LogP contribution in [0.1, 0.15) is 48.1 Å². The van der Waals surface area contributed by atoms with E-state index < -0.39 is 9.84 Å². The van der Waals surface area contributed by atoms with Gasteiger partial charge in [0, 0.05) is 31.1 Å². The molecule has 144 valence electrons. The molecule has 3 heterocycles. The predicted molar refractivity (Wildman–Crippen MR) is 101 cm³/mol. The maximum atomic E-state index is 13.0. The monoisotopic (exact) mass is 380 g/mol. The first-order valence-electron chi connectivity index (χ1n) is 9.39. The Morgan fingerprint density at radius 2 is 2.15 bits per heavy atom.